The number of benzene rings is 1. The van der Waals surface area contributed by atoms with E-state index >= 15 is 0 Å². The summed E-state index contributed by atoms with van der Waals surface area (Å²) in [5.74, 6) is 0.130. The Hall–Kier alpha value is -2.38. The summed E-state index contributed by atoms with van der Waals surface area (Å²) in [6, 6.07) is 3.44. The smallest absolute Gasteiger partial charge is 0.353 e. The molecule has 1 aromatic carbocycles. The number of carbonyl (C=O) groups is 1. The summed E-state index contributed by atoms with van der Waals surface area (Å²) in [4.78, 5) is 14.2. The summed E-state index contributed by atoms with van der Waals surface area (Å²) < 4.78 is 16.1. The zero-order chi connectivity index (χ0) is 17.9. The van der Waals surface area contributed by atoms with Gasteiger partial charge in [0.2, 0.25) is 5.75 Å². The molecule has 0 unspecified atom stereocenters. The first-order valence-electron chi connectivity index (χ1n) is 7.13. The van der Waals surface area contributed by atoms with Crippen LogP contribution in [-0.2, 0) is 6.42 Å². The standard InChI is InChI=1S/C16H19ClN2O5/c1-22-10-5-4-8(14(23-2)15(10)24-3)11-9(6-7-18)19-13(12(11)17)16(20)21/h4-5,19H,6-7,18H2,1-3H3,(H,20,21). The predicted molar refractivity (Wildman–Crippen MR) is 90.6 cm³/mol. The monoisotopic (exact) mass is 354 g/mol. The fourth-order valence-electron chi connectivity index (χ4n) is 2.58. The molecule has 0 atom stereocenters. The van der Waals surface area contributed by atoms with Gasteiger partial charge < -0.3 is 30.0 Å². The van der Waals surface area contributed by atoms with Crippen LogP contribution < -0.4 is 19.9 Å². The van der Waals surface area contributed by atoms with Gasteiger partial charge in [-0.2, -0.15) is 0 Å². The molecule has 8 heteroatoms. The van der Waals surface area contributed by atoms with Crippen LogP contribution in [0.2, 0.25) is 5.02 Å². The maximum absolute atomic E-state index is 11.4. The fraction of sp³-hybridized carbons (Fsp3) is 0.312. The zero-order valence-corrected chi connectivity index (χ0v) is 14.4. The Bertz CT molecular complexity index is 757. The topological polar surface area (TPSA) is 107 Å². The number of H-pyrrole nitrogens is 1. The number of hydrogen-bond acceptors (Lipinski definition) is 5. The Morgan fingerprint density at radius 1 is 1.21 bits per heavy atom. The Morgan fingerprint density at radius 3 is 2.38 bits per heavy atom. The second-order valence-corrected chi connectivity index (χ2v) is 5.27. The van der Waals surface area contributed by atoms with Crippen molar-refractivity contribution in [3.8, 4) is 28.4 Å². The van der Waals surface area contributed by atoms with Crippen LogP contribution >= 0.6 is 11.6 Å². The number of carboxylic acid groups (broad SMARTS) is 1. The molecule has 0 saturated carbocycles. The van der Waals surface area contributed by atoms with Gasteiger partial charge >= 0.3 is 5.97 Å². The number of hydrogen-bond donors (Lipinski definition) is 3. The Balaban J connectivity index is 2.78. The summed E-state index contributed by atoms with van der Waals surface area (Å²) in [6.45, 7) is 0.332. The molecule has 0 fully saturated rings. The SMILES string of the molecule is COc1ccc(-c2c(CCN)[nH]c(C(=O)O)c2Cl)c(OC)c1OC. The summed E-state index contributed by atoms with van der Waals surface area (Å²) in [6.07, 6.45) is 0.430. The Morgan fingerprint density at radius 2 is 1.88 bits per heavy atom. The molecule has 0 aliphatic rings. The second kappa shape index (κ2) is 7.46. The molecule has 0 aliphatic carbocycles. The van der Waals surface area contributed by atoms with E-state index in [0.717, 1.165) is 0 Å². The minimum Gasteiger partial charge on any atom is -0.493 e. The van der Waals surface area contributed by atoms with E-state index in [9.17, 15) is 9.90 Å². The highest BCUT2D eigenvalue weighted by molar-refractivity contribution is 6.36. The second-order valence-electron chi connectivity index (χ2n) is 4.89. The normalized spacial score (nSPS) is 10.5. The molecule has 0 spiro atoms. The molecule has 2 aromatic rings. The highest BCUT2D eigenvalue weighted by atomic mass is 35.5. The number of carboxylic acids is 1. The number of halogens is 1. The van der Waals surface area contributed by atoms with Crippen LogP contribution in [0.15, 0.2) is 12.1 Å². The first-order valence-corrected chi connectivity index (χ1v) is 7.50. The van der Waals surface area contributed by atoms with Crippen molar-refractivity contribution < 1.29 is 24.1 Å². The van der Waals surface area contributed by atoms with E-state index in [2.05, 4.69) is 4.98 Å². The maximum atomic E-state index is 11.4. The molecule has 0 bridgehead atoms. The van der Waals surface area contributed by atoms with Gasteiger partial charge in [-0.15, -0.1) is 0 Å². The summed E-state index contributed by atoms with van der Waals surface area (Å²) in [5, 5.41) is 9.40. The maximum Gasteiger partial charge on any atom is 0.353 e. The zero-order valence-electron chi connectivity index (χ0n) is 13.6. The van der Waals surface area contributed by atoms with Crippen LogP contribution in [0.1, 0.15) is 16.2 Å². The van der Waals surface area contributed by atoms with Gasteiger partial charge in [-0.05, 0) is 18.7 Å². The van der Waals surface area contributed by atoms with E-state index in [1.807, 2.05) is 0 Å². The van der Waals surface area contributed by atoms with Gasteiger partial charge in [-0.25, -0.2) is 4.79 Å². The predicted octanol–water partition coefficient (Wildman–Crippen LogP) is 2.56. The Labute approximate surface area is 144 Å². The quantitative estimate of drug-likeness (QED) is 0.705. The van der Waals surface area contributed by atoms with Gasteiger partial charge in [0.05, 0.1) is 26.4 Å². The summed E-state index contributed by atoms with van der Waals surface area (Å²) in [7, 11) is 4.50. The van der Waals surface area contributed by atoms with Gasteiger partial charge in [-0.3, -0.25) is 0 Å². The van der Waals surface area contributed by atoms with Crippen LogP contribution in [0.25, 0.3) is 11.1 Å². The van der Waals surface area contributed by atoms with E-state index in [0.29, 0.717) is 47.0 Å². The van der Waals surface area contributed by atoms with Crippen molar-refractivity contribution in [2.75, 3.05) is 27.9 Å². The van der Waals surface area contributed by atoms with Crippen molar-refractivity contribution in [3.63, 3.8) is 0 Å². The van der Waals surface area contributed by atoms with Crippen molar-refractivity contribution >= 4 is 17.6 Å². The number of aromatic nitrogens is 1. The molecule has 1 aromatic heterocycles. The van der Waals surface area contributed by atoms with Gasteiger partial charge in [0.15, 0.2) is 11.5 Å². The lowest BCUT2D eigenvalue weighted by Gasteiger charge is -2.16. The fourth-order valence-corrected chi connectivity index (χ4v) is 2.93. The van der Waals surface area contributed by atoms with E-state index in [4.69, 9.17) is 31.5 Å². The highest BCUT2D eigenvalue weighted by Crippen LogP contribution is 2.47. The van der Waals surface area contributed by atoms with E-state index in [-0.39, 0.29) is 10.7 Å². The largest absolute Gasteiger partial charge is 0.493 e. The van der Waals surface area contributed by atoms with Gasteiger partial charge in [-0.1, -0.05) is 11.6 Å². The molecule has 0 aliphatic heterocycles. The lowest BCUT2D eigenvalue weighted by Crippen LogP contribution is -2.05. The van der Waals surface area contributed by atoms with E-state index in [1.54, 1.807) is 12.1 Å². The average Bonchev–Trinajstić information content (AvgIpc) is 2.90. The number of aromatic amines is 1. The van der Waals surface area contributed by atoms with Crippen molar-refractivity contribution in [1.29, 1.82) is 0 Å². The first-order chi connectivity index (χ1) is 11.5. The van der Waals surface area contributed by atoms with Crippen molar-refractivity contribution in [2.24, 2.45) is 5.73 Å². The van der Waals surface area contributed by atoms with Crippen molar-refractivity contribution in [3.05, 3.63) is 28.5 Å². The molecule has 2 rings (SSSR count). The number of aromatic carboxylic acids is 1. The molecule has 0 amide bonds. The lowest BCUT2D eigenvalue weighted by atomic mass is 10.0. The summed E-state index contributed by atoms with van der Waals surface area (Å²) >= 11 is 6.31. The lowest BCUT2D eigenvalue weighted by molar-refractivity contribution is 0.0691. The number of nitrogens with two attached hydrogens (primary N) is 1. The molecule has 24 heavy (non-hydrogen) atoms. The molecule has 0 radical (unpaired) electrons. The number of rotatable bonds is 7. The molecule has 7 nitrogen and oxygen atoms in total. The molecule has 1 heterocycles. The molecule has 0 saturated heterocycles. The van der Waals surface area contributed by atoms with Gasteiger partial charge in [0, 0.05) is 23.2 Å². The van der Waals surface area contributed by atoms with Crippen LogP contribution in [0.4, 0.5) is 0 Å². The third-order valence-corrected chi connectivity index (χ3v) is 3.98. The number of methoxy groups -OCH3 is 3. The minimum absolute atomic E-state index is 0.0908. The van der Waals surface area contributed by atoms with Crippen LogP contribution in [0, 0.1) is 0 Å². The van der Waals surface area contributed by atoms with Crippen LogP contribution in [0.5, 0.6) is 17.2 Å². The van der Waals surface area contributed by atoms with Crippen molar-refractivity contribution in [1.82, 2.24) is 4.98 Å². The van der Waals surface area contributed by atoms with Crippen molar-refractivity contribution in [2.45, 2.75) is 6.42 Å². The van der Waals surface area contributed by atoms with E-state index in [1.165, 1.54) is 21.3 Å². The minimum atomic E-state index is -1.15. The van der Waals surface area contributed by atoms with Gasteiger partial charge in [0.25, 0.3) is 0 Å². The number of ether oxygens (including phenoxy) is 3. The van der Waals surface area contributed by atoms with E-state index < -0.39 is 5.97 Å². The highest BCUT2D eigenvalue weighted by Gasteiger charge is 2.26. The number of nitrogens with one attached hydrogen (secondary N) is 1. The molecule has 130 valence electrons. The van der Waals surface area contributed by atoms with Gasteiger partial charge in [0.1, 0.15) is 5.69 Å². The molecule has 4 N–H and O–H groups in total. The third-order valence-electron chi connectivity index (χ3n) is 3.60. The average molecular weight is 355 g/mol. The van der Waals surface area contributed by atoms with Crippen LogP contribution in [0.3, 0.4) is 0 Å². The molecular formula is C16H19ClN2O5. The molecular weight excluding hydrogens is 336 g/mol. The first kappa shape index (κ1) is 18.0. The summed E-state index contributed by atoms with van der Waals surface area (Å²) in [5.41, 5.74) is 7.27. The Kier molecular flexibility index (Phi) is 5.58. The van der Waals surface area contributed by atoms with Crippen LogP contribution in [-0.4, -0.2) is 43.9 Å². The third kappa shape index (κ3) is 3.00.